The minimum atomic E-state index is -5.34. The first-order valence-electron chi connectivity index (χ1n) is 1.68. The van der Waals surface area contributed by atoms with Crippen LogP contribution in [-0.4, -0.2) is 21.0 Å². The second kappa shape index (κ2) is 3.72. The fourth-order valence-corrected chi connectivity index (χ4v) is 0.283. The van der Waals surface area contributed by atoms with Crippen LogP contribution in [-0.2, 0) is 36.7 Å². The van der Waals surface area contributed by atoms with Crippen molar-refractivity contribution in [1.82, 2.24) is 0 Å². The molecule has 0 aliphatic rings. The molecule has 1 radical (unpaired) electrons. The van der Waals surface area contributed by atoms with Gasteiger partial charge in [-0.25, -0.2) is 0 Å². The molecule has 0 fully saturated rings. The Balaban J connectivity index is 0. The molecule has 0 aromatic rings. The third-order valence-electron chi connectivity index (χ3n) is 0.503. The van der Waals surface area contributed by atoms with E-state index in [-0.39, 0.29) is 22.4 Å². The Morgan fingerprint density at radius 2 is 1.60 bits per heavy atom. The molecule has 0 unspecified atom stereocenters. The van der Waals surface area contributed by atoms with E-state index in [4.69, 9.17) is 0 Å². The molecule has 0 saturated heterocycles. The minimum absolute atomic E-state index is 0. The summed E-state index contributed by atoms with van der Waals surface area (Å²) in [5.41, 5.74) is -5.30. The summed E-state index contributed by atoms with van der Waals surface area (Å²) in [5.74, 6) is 0. The zero-order valence-electron chi connectivity index (χ0n) is 4.57. The zero-order valence-corrected chi connectivity index (χ0v) is 6.87. The van der Waals surface area contributed by atoms with Crippen molar-refractivity contribution in [2.75, 3.05) is 7.11 Å². The maximum Gasteiger partial charge on any atom is 0.523 e. The molecule has 0 heterocycles. The van der Waals surface area contributed by atoms with Crippen LogP contribution in [0.1, 0.15) is 0 Å². The number of halogens is 3. The Morgan fingerprint density at radius 1 is 1.30 bits per heavy atom. The Bertz CT molecular complexity index is 182. The van der Waals surface area contributed by atoms with Crippen LogP contribution in [0.2, 0.25) is 0 Å². The first-order valence-corrected chi connectivity index (χ1v) is 3.09. The zero-order chi connectivity index (χ0) is 7.71. The molecular weight excluding hydrogens is 269 g/mol. The number of hydrogen-bond donors (Lipinski definition) is 0. The van der Waals surface area contributed by atoms with Crippen LogP contribution in [0.25, 0.3) is 0 Å². The average Bonchev–Trinajstić information content (AvgIpc) is 1.64. The number of alkyl halides is 3. The number of hydrogen-bond acceptors (Lipinski definition) is 3. The first kappa shape index (κ1) is 13.1. The quantitative estimate of drug-likeness (QED) is 0.396. The van der Waals surface area contributed by atoms with Crippen LogP contribution in [0.5, 0.6) is 0 Å². The van der Waals surface area contributed by atoms with Crippen LogP contribution in [0.15, 0.2) is 0 Å². The van der Waals surface area contributed by atoms with Crippen molar-refractivity contribution in [3.8, 4) is 0 Å². The maximum absolute atomic E-state index is 11.1. The largest absolute Gasteiger partial charge is 0.523 e. The Morgan fingerprint density at radius 3 is 1.60 bits per heavy atom. The van der Waals surface area contributed by atoms with E-state index in [0.717, 1.165) is 0 Å². The van der Waals surface area contributed by atoms with Crippen molar-refractivity contribution in [2.45, 2.75) is 5.51 Å². The van der Waals surface area contributed by atoms with Gasteiger partial charge in [-0.1, -0.05) is 0 Å². The van der Waals surface area contributed by atoms with Crippen LogP contribution in [0, 0.1) is 0 Å². The average molecular weight is 272 g/mol. The smallest absolute Gasteiger partial charge is 0.267 e. The minimum Gasteiger partial charge on any atom is -0.267 e. The SMILES string of the molecule is COS(=O)(=O)C(F)(F)F.[Ag]. The van der Waals surface area contributed by atoms with Crippen molar-refractivity contribution in [1.29, 1.82) is 0 Å². The standard InChI is InChI=1S/C2H3F3O3S.Ag/c1-8-9(6,7)2(3,4)5;/h1H3;. The van der Waals surface area contributed by atoms with E-state index >= 15 is 0 Å². The van der Waals surface area contributed by atoms with E-state index < -0.39 is 15.6 Å². The molecule has 0 aliphatic carbocycles. The molecule has 67 valence electrons. The molecule has 0 atom stereocenters. The van der Waals surface area contributed by atoms with E-state index in [2.05, 4.69) is 4.18 Å². The van der Waals surface area contributed by atoms with Gasteiger partial charge in [0.2, 0.25) is 0 Å². The molecule has 10 heavy (non-hydrogen) atoms. The summed E-state index contributed by atoms with van der Waals surface area (Å²) >= 11 is 0. The summed E-state index contributed by atoms with van der Waals surface area (Å²) in [6.45, 7) is 0. The Hall–Kier alpha value is 0.440. The van der Waals surface area contributed by atoms with Gasteiger partial charge in [-0.3, -0.25) is 4.18 Å². The van der Waals surface area contributed by atoms with Gasteiger partial charge in [0.15, 0.2) is 0 Å². The fraction of sp³-hybridized carbons (Fsp3) is 1.00. The summed E-state index contributed by atoms with van der Waals surface area (Å²) in [5, 5.41) is 0. The Labute approximate surface area is 71.2 Å². The molecular formula is C2H3AgF3O3S. The molecule has 0 rings (SSSR count). The van der Waals surface area contributed by atoms with Gasteiger partial charge in [-0.15, -0.1) is 0 Å². The van der Waals surface area contributed by atoms with Crippen LogP contribution in [0.3, 0.4) is 0 Å². The van der Waals surface area contributed by atoms with Crippen molar-refractivity contribution in [3.63, 3.8) is 0 Å². The predicted octanol–water partition coefficient (Wildman–Crippen LogP) is 0.480. The normalized spacial score (nSPS) is 12.4. The van der Waals surface area contributed by atoms with Gasteiger partial charge < -0.3 is 0 Å². The van der Waals surface area contributed by atoms with Gasteiger partial charge in [0.25, 0.3) is 0 Å². The van der Waals surface area contributed by atoms with E-state index in [1.54, 1.807) is 0 Å². The molecule has 0 spiro atoms. The molecule has 0 aromatic heterocycles. The van der Waals surface area contributed by atoms with E-state index in [0.29, 0.717) is 7.11 Å². The second-order valence-electron chi connectivity index (χ2n) is 1.07. The molecule has 3 nitrogen and oxygen atoms in total. The van der Waals surface area contributed by atoms with Crippen molar-refractivity contribution < 1.29 is 48.2 Å². The summed E-state index contributed by atoms with van der Waals surface area (Å²) in [7, 11) is -4.89. The topological polar surface area (TPSA) is 43.4 Å². The van der Waals surface area contributed by atoms with Crippen LogP contribution < -0.4 is 0 Å². The van der Waals surface area contributed by atoms with Gasteiger partial charge in [-0.05, 0) is 0 Å². The predicted molar refractivity (Wildman–Crippen MR) is 22.0 cm³/mol. The van der Waals surface area contributed by atoms with Crippen LogP contribution in [0.4, 0.5) is 13.2 Å². The third kappa shape index (κ3) is 3.02. The van der Waals surface area contributed by atoms with Crippen molar-refractivity contribution in [2.24, 2.45) is 0 Å². The summed E-state index contributed by atoms with van der Waals surface area (Å²) in [6.07, 6.45) is 0. The molecule has 0 aliphatic heterocycles. The molecule has 0 bridgehead atoms. The maximum atomic E-state index is 11.1. The third-order valence-corrected chi connectivity index (χ3v) is 1.51. The molecule has 0 amide bonds. The Kier molecular flexibility index (Phi) is 4.86. The van der Waals surface area contributed by atoms with Crippen molar-refractivity contribution >= 4 is 10.1 Å². The van der Waals surface area contributed by atoms with Gasteiger partial charge in [0.05, 0.1) is 7.11 Å². The molecule has 0 aromatic carbocycles. The monoisotopic (exact) mass is 271 g/mol. The van der Waals surface area contributed by atoms with Gasteiger partial charge >= 0.3 is 15.6 Å². The van der Waals surface area contributed by atoms with E-state index in [1.807, 2.05) is 0 Å². The van der Waals surface area contributed by atoms with E-state index in [9.17, 15) is 21.6 Å². The van der Waals surface area contributed by atoms with Crippen LogP contribution >= 0.6 is 0 Å². The molecule has 8 heteroatoms. The summed E-state index contributed by atoms with van der Waals surface area (Å²) in [6, 6.07) is 0. The number of rotatable bonds is 1. The van der Waals surface area contributed by atoms with Gasteiger partial charge in [-0.2, -0.15) is 21.6 Å². The first-order chi connectivity index (χ1) is 3.81. The molecule has 0 N–H and O–H groups in total. The summed E-state index contributed by atoms with van der Waals surface area (Å²) in [4.78, 5) is 0. The molecule has 0 saturated carbocycles. The fourth-order valence-electron chi connectivity index (χ4n) is 0.0945. The van der Waals surface area contributed by atoms with E-state index in [1.165, 1.54) is 0 Å². The van der Waals surface area contributed by atoms with Gasteiger partial charge in [0.1, 0.15) is 0 Å². The van der Waals surface area contributed by atoms with Crippen molar-refractivity contribution in [3.05, 3.63) is 0 Å². The summed E-state index contributed by atoms with van der Waals surface area (Å²) < 4.78 is 55.9. The second-order valence-corrected chi connectivity index (χ2v) is 2.77. The van der Waals surface area contributed by atoms with Gasteiger partial charge in [0, 0.05) is 22.4 Å².